The van der Waals surface area contributed by atoms with E-state index < -0.39 is 23.9 Å². The molecule has 5 rings (SSSR count). The van der Waals surface area contributed by atoms with Gasteiger partial charge >= 0.3 is 13.2 Å². The fourth-order valence-electron chi connectivity index (χ4n) is 4.72. The Morgan fingerprint density at radius 1 is 1.17 bits per heavy atom. The van der Waals surface area contributed by atoms with Gasteiger partial charge in [-0.15, -0.1) is 0 Å². The van der Waals surface area contributed by atoms with Crippen molar-refractivity contribution in [2.24, 2.45) is 0 Å². The zero-order valence-electron chi connectivity index (χ0n) is 21.5. The molecule has 35 heavy (non-hydrogen) atoms. The molecule has 1 amide bonds. The molecule has 0 radical (unpaired) electrons. The average Bonchev–Trinajstić information content (AvgIpc) is 2.97. The molecular weight excluding hydrogens is 469 g/mol. The molecule has 2 saturated heterocycles. The number of benzene rings is 1. The van der Waals surface area contributed by atoms with Gasteiger partial charge in [-0.1, -0.05) is 11.6 Å². The van der Waals surface area contributed by atoms with Crippen LogP contribution in [-0.4, -0.2) is 72.2 Å². The van der Waals surface area contributed by atoms with Crippen LogP contribution in [0.3, 0.4) is 0 Å². The molecule has 3 aliphatic heterocycles. The predicted octanol–water partition coefficient (Wildman–Crippen LogP) is 4.01. The SMILES string of the molecule is CC(C)(C)OC(=O)N1CCN2c3c(cnc4cc(B5OC(C)(C)C(C)(C)O5)c(Cl)cc34)OC[C@H]2C1. The minimum absolute atomic E-state index is 0.0101. The third kappa shape index (κ3) is 4.32. The van der Waals surface area contributed by atoms with Crippen LogP contribution in [0.1, 0.15) is 48.5 Å². The first kappa shape index (κ1) is 24.5. The van der Waals surface area contributed by atoms with Gasteiger partial charge in [-0.2, -0.15) is 0 Å². The van der Waals surface area contributed by atoms with E-state index in [1.165, 1.54) is 0 Å². The van der Waals surface area contributed by atoms with E-state index in [1.807, 2.05) is 60.6 Å². The molecule has 10 heteroatoms. The largest absolute Gasteiger partial charge is 0.496 e. The van der Waals surface area contributed by atoms with Gasteiger partial charge in [-0.25, -0.2) is 4.79 Å². The Morgan fingerprint density at radius 3 is 2.51 bits per heavy atom. The van der Waals surface area contributed by atoms with Crippen LogP contribution in [0.25, 0.3) is 10.9 Å². The zero-order chi connectivity index (χ0) is 25.3. The molecule has 1 aromatic carbocycles. The second-order valence-electron chi connectivity index (χ2n) is 11.5. The molecule has 8 nitrogen and oxygen atoms in total. The molecular formula is C25H33BClN3O5. The lowest BCUT2D eigenvalue weighted by Gasteiger charge is -2.45. The van der Waals surface area contributed by atoms with Crippen molar-refractivity contribution >= 4 is 46.9 Å². The van der Waals surface area contributed by atoms with Gasteiger partial charge in [0.2, 0.25) is 0 Å². The summed E-state index contributed by atoms with van der Waals surface area (Å²) < 4.78 is 24.1. The number of carbonyl (C=O) groups excluding carboxylic acids is 1. The van der Waals surface area contributed by atoms with E-state index in [1.54, 1.807) is 11.1 Å². The van der Waals surface area contributed by atoms with Crippen LogP contribution in [-0.2, 0) is 14.0 Å². The first-order chi connectivity index (χ1) is 16.3. The summed E-state index contributed by atoms with van der Waals surface area (Å²) in [5.41, 5.74) is 1.04. The van der Waals surface area contributed by atoms with E-state index in [0.29, 0.717) is 31.3 Å². The summed E-state index contributed by atoms with van der Waals surface area (Å²) >= 11 is 6.80. The van der Waals surface area contributed by atoms with Gasteiger partial charge in [-0.05, 0) is 60.6 Å². The highest BCUT2D eigenvalue weighted by atomic mass is 35.5. The highest BCUT2D eigenvalue weighted by Gasteiger charge is 2.52. The number of halogens is 1. The van der Waals surface area contributed by atoms with Gasteiger partial charge in [0.05, 0.1) is 34.6 Å². The van der Waals surface area contributed by atoms with Gasteiger partial charge in [0.25, 0.3) is 0 Å². The number of hydrogen-bond acceptors (Lipinski definition) is 7. The first-order valence-corrected chi connectivity index (χ1v) is 12.5. The van der Waals surface area contributed by atoms with E-state index in [0.717, 1.165) is 27.8 Å². The van der Waals surface area contributed by atoms with Crippen LogP contribution < -0.4 is 15.1 Å². The highest BCUT2D eigenvalue weighted by Crippen LogP contribution is 2.42. The molecule has 0 saturated carbocycles. The Labute approximate surface area is 211 Å². The monoisotopic (exact) mass is 501 g/mol. The minimum Gasteiger partial charge on any atom is -0.488 e. The van der Waals surface area contributed by atoms with Crippen molar-refractivity contribution in [1.29, 1.82) is 0 Å². The number of amides is 1. The summed E-state index contributed by atoms with van der Waals surface area (Å²) in [4.78, 5) is 21.4. The number of pyridine rings is 1. The highest BCUT2D eigenvalue weighted by molar-refractivity contribution is 6.66. The number of nitrogens with zero attached hydrogens (tertiary/aromatic N) is 3. The van der Waals surface area contributed by atoms with Crippen molar-refractivity contribution in [1.82, 2.24) is 9.88 Å². The van der Waals surface area contributed by atoms with Gasteiger partial charge in [0, 0.05) is 35.5 Å². The molecule has 1 aromatic heterocycles. The number of fused-ring (bicyclic) bond motifs is 5. The lowest BCUT2D eigenvalue weighted by atomic mass is 9.78. The fraction of sp³-hybridized carbons (Fsp3) is 0.600. The quantitative estimate of drug-likeness (QED) is 0.547. The summed E-state index contributed by atoms with van der Waals surface area (Å²) in [6.07, 6.45) is 1.47. The summed E-state index contributed by atoms with van der Waals surface area (Å²) in [7, 11) is -0.573. The Bertz CT molecular complexity index is 1170. The van der Waals surface area contributed by atoms with E-state index in [9.17, 15) is 4.79 Å². The maximum Gasteiger partial charge on any atom is 0.496 e. The summed E-state index contributed by atoms with van der Waals surface area (Å²) in [6, 6.07) is 3.88. The second-order valence-corrected chi connectivity index (χ2v) is 11.9. The fourth-order valence-corrected chi connectivity index (χ4v) is 4.97. The molecule has 0 aliphatic carbocycles. The van der Waals surface area contributed by atoms with Crippen LogP contribution >= 0.6 is 11.6 Å². The maximum absolute atomic E-state index is 12.6. The van der Waals surface area contributed by atoms with Crippen molar-refractivity contribution in [2.75, 3.05) is 31.1 Å². The Balaban J connectivity index is 1.45. The van der Waals surface area contributed by atoms with Crippen molar-refractivity contribution < 1.29 is 23.6 Å². The number of piperazine rings is 1. The van der Waals surface area contributed by atoms with E-state index >= 15 is 0 Å². The molecule has 0 spiro atoms. The standard InChI is InChI=1S/C25H33BClN3O5/c1-23(2,3)33-22(31)29-8-9-30-15(13-29)14-32-20-12-28-19-11-17(18(27)10-16(19)21(20)30)26-34-24(4,5)25(6,7)35-26/h10-12,15H,8-9,13-14H2,1-7H3/t15-/m1/s1. The third-order valence-electron chi connectivity index (χ3n) is 7.28. The molecule has 3 aliphatic rings. The molecule has 4 heterocycles. The van der Waals surface area contributed by atoms with Crippen LogP contribution in [0, 0.1) is 0 Å². The van der Waals surface area contributed by atoms with Gasteiger partial charge < -0.3 is 28.6 Å². The maximum atomic E-state index is 12.6. The van der Waals surface area contributed by atoms with Gasteiger partial charge in [-0.3, -0.25) is 4.98 Å². The summed E-state index contributed by atoms with van der Waals surface area (Å²) in [5, 5.41) is 1.46. The predicted molar refractivity (Wildman–Crippen MR) is 137 cm³/mol. The summed E-state index contributed by atoms with van der Waals surface area (Å²) in [5.74, 6) is 0.721. The van der Waals surface area contributed by atoms with Crippen LogP contribution in [0.5, 0.6) is 5.75 Å². The van der Waals surface area contributed by atoms with Gasteiger partial charge in [0.1, 0.15) is 12.2 Å². The smallest absolute Gasteiger partial charge is 0.488 e. The minimum atomic E-state index is -0.573. The topological polar surface area (TPSA) is 73.4 Å². The first-order valence-electron chi connectivity index (χ1n) is 12.1. The van der Waals surface area contributed by atoms with Crippen molar-refractivity contribution in [3.05, 3.63) is 23.4 Å². The molecule has 0 unspecified atom stereocenters. The zero-order valence-corrected chi connectivity index (χ0v) is 22.2. The molecule has 0 bridgehead atoms. The molecule has 2 fully saturated rings. The average molecular weight is 502 g/mol. The van der Waals surface area contributed by atoms with Crippen molar-refractivity contribution in [3.63, 3.8) is 0 Å². The lowest BCUT2D eigenvalue weighted by molar-refractivity contribution is 0.00578. The van der Waals surface area contributed by atoms with Gasteiger partial charge in [0.15, 0.2) is 5.75 Å². The molecule has 2 aromatic rings. The number of ether oxygens (including phenoxy) is 2. The molecule has 1 atom stereocenters. The Morgan fingerprint density at radius 2 is 1.86 bits per heavy atom. The van der Waals surface area contributed by atoms with Crippen LogP contribution in [0.15, 0.2) is 18.3 Å². The van der Waals surface area contributed by atoms with Crippen molar-refractivity contribution in [3.8, 4) is 5.75 Å². The number of aromatic nitrogens is 1. The Hall–Kier alpha value is -2.23. The van der Waals surface area contributed by atoms with E-state index in [4.69, 9.17) is 30.4 Å². The normalized spacial score (nSPS) is 23.1. The lowest BCUT2D eigenvalue weighted by Crippen LogP contribution is -2.59. The number of hydrogen-bond donors (Lipinski definition) is 0. The third-order valence-corrected chi connectivity index (χ3v) is 7.61. The second kappa shape index (κ2) is 8.15. The van der Waals surface area contributed by atoms with Crippen LogP contribution in [0.4, 0.5) is 10.5 Å². The van der Waals surface area contributed by atoms with E-state index in [-0.39, 0.29) is 12.1 Å². The number of carbonyl (C=O) groups is 1. The molecule has 188 valence electrons. The Kier molecular flexibility index (Phi) is 5.70. The number of anilines is 1. The number of rotatable bonds is 1. The van der Waals surface area contributed by atoms with Crippen molar-refractivity contribution in [2.45, 2.75) is 71.3 Å². The summed E-state index contributed by atoms with van der Waals surface area (Å²) in [6.45, 7) is 15.9. The van der Waals surface area contributed by atoms with Crippen LogP contribution in [0.2, 0.25) is 5.02 Å². The van der Waals surface area contributed by atoms with E-state index in [2.05, 4.69) is 9.88 Å². The molecule has 0 N–H and O–H groups in total.